The van der Waals surface area contributed by atoms with E-state index >= 15 is 0 Å². The van der Waals surface area contributed by atoms with Crippen LogP contribution in [0.4, 0.5) is 4.39 Å². The van der Waals surface area contributed by atoms with Gasteiger partial charge in [0.25, 0.3) is 0 Å². The van der Waals surface area contributed by atoms with Gasteiger partial charge in [-0.05, 0) is 30.7 Å². The average Bonchev–Trinajstić information content (AvgIpc) is 2.27. The molecule has 1 aromatic rings. The molecule has 0 aliphatic rings. The van der Waals surface area contributed by atoms with E-state index in [0.29, 0.717) is 6.61 Å². The molecule has 0 unspecified atom stereocenters. The van der Waals surface area contributed by atoms with Gasteiger partial charge in [-0.25, -0.2) is 4.39 Å². The highest BCUT2D eigenvalue weighted by Crippen LogP contribution is 2.19. The van der Waals surface area contributed by atoms with Crippen LogP contribution in [0.5, 0.6) is 5.75 Å². The van der Waals surface area contributed by atoms with E-state index in [4.69, 9.17) is 4.74 Å². The summed E-state index contributed by atoms with van der Waals surface area (Å²) < 4.78 is 18.4. The summed E-state index contributed by atoms with van der Waals surface area (Å²) in [5.41, 5.74) is 1.71. The number of halogens is 1. The summed E-state index contributed by atoms with van der Waals surface area (Å²) in [5, 5.41) is 0. The van der Waals surface area contributed by atoms with Gasteiger partial charge in [-0.3, -0.25) is 4.99 Å². The van der Waals surface area contributed by atoms with Gasteiger partial charge in [-0.1, -0.05) is 12.7 Å². The van der Waals surface area contributed by atoms with Crippen LogP contribution in [0.15, 0.2) is 35.8 Å². The van der Waals surface area contributed by atoms with Crippen molar-refractivity contribution in [3.8, 4) is 5.75 Å². The Kier molecular flexibility index (Phi) is 4.03. The van der Waals surface area contributed by atoms with E-state index in [-0.39, 0.29) is 11.6 Å². The molecule has 3 heteroatoms. The van der Waals surface area contributed by atoms with Gasteiger partial charge in [0.15, 0.2) is 11.6 Å². The van der Waals surface area contributed by atoms with Crippen molar-refractivity contribution in [1.29, 1.82) is 0 Å². The Bertz CT molecular complexity index is 385. The molecule has 0 aliphatic carbocycles. The SMILES string of the molecule is C=CCOc1cc(/C(C)=N/C)ccc1F. The normalized spacial score (nSPS) is 11.3. The van der Waals surface area contributed by atoms with Crippen molar-refractivity contribution in [1.82, 2.24) is 0 Å². The first-order valence-electron chi connectivity index (χ1n) is 4.66. The minimum atomic E-state index is -0.371. The van der Waals surface area contributed by atoms with Crippen LogP contribution in [0.25, 0.3) is 0 Å². The van der Waals surface area contributed by atoms with Crippen LogP contribution in [-0.4, -0.2) is 19.4 Å². The van der Waals surface area contributed by atoms with E-state index in [1.165, 1.54) is 6.07 Å². The second kappa shape index (κ2) is 5.29. The molecule has 15 heavy (non-hydrogen) atoms. The second-order valence-electron chi connectivity index (χ2n) is 3.05. The van der Waals surface area contributed by atoms with Crippen LogP contribution in [0.3, 0.4) is 0 Å². The molecule has 0 aliphatic heterocycles. The number of ether oxygens (including phenoxy) is 1. The Labute approximate surface area is 89.1 Å². The average molecular weight is 207 g/mol. The molecule has 0 fully saturated rings. The highest BCUT2D eigenvalue weighted by molar-refractivity contribution is 5.98. The van der Waals surface area contributed by atoms with E-state index < -0.39 is 0 Å². The summed E-state index contributed by atoms with van der Waals surface area (Å²) in [6.07, 6.45) is 1.58. The van der Waals surface area contributed by atoms with Crippen LogP contribution in [0.2, 0.25) is 0 Å². The van der Waals surface area contributed by atoms with Crippen LogP contribution in [0.1, 0.15) is 12.5 Å². The summed E-state index contributed by atoms with van der Waals surface area (Å²) in [7, 11) is 1.70. The first-order valence-corrected chi connectivity index (χ1v) is 4.66. The van der Waals surface area contributed by atoms with E-state index in [9.17, 15) is 4.39 Å². The van der Waals surface area contributed by atoms with Crippen molar-refractivity contribution in [2.24, 2.45) is 4.99 Å². The van der Waals surface area contributed by atoms with Gasteiger partial charge in [0.05, 0.1) is 0 Å². The zero-order valence-corrected chi connectivity index (χ0v) is 8.96. The van der Waals surface area contributed by atoms with Gasteiger partial charge < -0.3 is 4.74 Å². The number of aliphatic imine (C=N–C) groups is 1. The molecule has 0 bridgehead atoms. The standard InChI is InChI=1S/C12H14FNO/c1-4-7-15-12-8-10(9(2)14-3)5-6-11(12)13/h4-6,8H,1,7H2,2-3H3/b14-9+. The minimum absolute atomic E-state index is 0.232. The van der Waals surface area contributed by atoms with Gasteiger partial charge in [0, 0.05) is 12.8 Å². The molecular weight excluding hydrogens is 193 g/mol. The summed E-state index contributed by atoms with van der Waals surface area (Å²) in [6, 6.07) is 4.70. The third-order valence-corrected chi connectivity index (χ3v) is 2.04. The van der Waals surface area contributed by atoms with Crippen molar-refractivity contribution in [2.75, 3.05) is 13.7 Å². The van der Waals surface area contributed by atoms with Gasteiger partial charge in [-0.15, -0.1) is 0 Å². The molecule has 0 aromatic heterocycles. The molecule has 2 nitrogen and oxygen atoms in total. The van der Waals surface area contributed by atoms with Crippen molar-refractivity contribution >= 4 is 5.71 Å². The Morgan fingerprint density at radius 3 is 2.93 bits per heavy atom. The summed E-state index contributed by atoms with van der Waals surface area (Å²) in [4.78, 5) is 4.03. The highest BCUT2D eigenvalue weighted by Gasteiger charge is 2.05. The van der Waals surface area contributed by atoms with E-state index in [1.807, 2.05) is 6.92 Å². The van der Waals surface area contributed by atoms with Gasteiger partial charge in [0.1, 0.15) is 6.61 Å². The number of hydrogen-bond acceptors (Lipinski definition) is 2. The molecule has 80 valence electrons. The Morgan fingerprint density at radius 2 is 2.33 bits per heavy atom. The van der Waals surface area contributed by atoms with Crippen molar-refractivity contribution in [3.63, 3.8) is 0 Å². The lowest BCUT2D eigenvalue weighted by Crippen LogP contribution is -1.99. The van der Waals surface area contributed by atoms with Crippen LogP contribution in [-0.2, 0) is 0 Å². The number of benzene rings is 1. The van der Waals surface area contributed by atoms with Gasteiger partial charge >= 0.3 is 0 Å². The Morgan fingerprint density at radius 1 is 1.60 bits per heavy atom. The second-order valence-corrected chi connectivity index (χ2v) is 3.05. The molecule has 0 heterocycles. The number of hydrogen-bond donors (Lipinski definition) is 0. The number of rotatable bonds is 4. The Balaban J connectivity index is 2.99. The quantitative estimate of drug-likeness (QED) is 0.549. The molecule has 0 radical (unpaired) electrons. The fraction of sp³-hybridized carbons (Fsp3) is 0.250. The molecule has 0 amide bonds. The Hall–Kier alpha value is -1.64. The van der Waals surface area contributed by atoms with Crippen molar-refractivity contribution < 1.29 is 9.13 Å². The zero-order valence-electron chi connectivity index (χ0n) is 8.96. The summed E-state index contributed by atoms with van der Waals surface area (Å²) in [5.74, 6) is -0.139. The smallest absolute Gasteiger partial charge is 0.165 e. The lowest BCUT2D eigenvalue weighted by molar-refractivity contribution is 0.342. The van der Waals surface area contributed by atoms with E-state index in [2.05, 4.69) is 11.6 Å². The third-order valence-electron chi connectivity index (χ3n) is 2.04. The molecule has 0 spiro atoms. The van der Waals surface area contributed by atoms with Gasteiger partial charge in [0.2, 0.25) is 0 Å². The topological polar surface area (TPSA) is 21.6 Å². The predicted molar refractivity (Wildman–Crippen MR) is 60.2 cm³/mol. The lowest BCUT2D eigenvalue weighted by Gasteiger charge is -2.07. The molecule has 1 aromatic carbocycles. The molecule has 0 N–H and O–H groups in total. The molecule has 1 rings (SSSR count). The highest BCUT2D eigenvalue weighted by atomic mass is 19.1. The third kappa shape index (κ3) is 2.91. The number of nitrogens with zero attached hydrogens (tertiary/aromatic N) is 1. The van der Waals surface area contributed by atoms with Gasteiger partial charge in [-0.2, -0.15) is 0 Å². The first-order chi connectivity index (χ1) is 7.19. The van der Waals surface area contributed by atoms with Crippen LogP contribution < -0.4 is 4.74 Å². The first kappa shape index (κ1) is 11.4. The maximum atomic E-state index is 13.3. The predicted octanol–water partition coefficient (Wildman–Crippen LogP) is 2.83. The monoisotopic (exact) mass is 207 g/mol. The fourth-order valence-corrected chi connectivity index (χ4v) is 1.12. The fourth-order valence-electron chi connectivity index (χ4n) is 1.12. The maximum Gasteiger partial charge on any atom is 0.165 e. The van der Waals surface area contributed by atoms with Crippen molar-refractivity contribution in [3.05, 3.63) is 42.2 Å². The lowest BCUT2D eigenvalue weighted by atomic mass is 10.1. The molecule has 0 saturated carbocycles. The van der Waals surface area contributed by atoms with E-state index in [1.54, 1.807) is 25.3 Å². The molecule has 0 saturated heterocycles. The van der Waals surface area contributed by atoms with Crippen LogP contribution >= 0.6 is 0 Å². The van der Waals surface area contributed by atoms with Crippen LogP contribution in [0, 0.1) is 5.82 Å². The van der Waals surface area contributed by atoms with Crippen molar-refractivity contribution in [2.45, 2.75) is 6.92 Å². The van der Waals surface area contributed by atoms with E-state index in [0.717, 1.165) is 11.3 Å². The minimum Gasteiger partial charge on any atom is -0.486 e. The maximum absolute atomic E-state index is 13.3. The molecule has 0 atom stereocenters. The summed E-state index contributed by atoms with van der Waals surface area (Å²) in [6.45, 7) is 5.67. The molecular formula is C12H14FNO. The summed E-state index contributed by atoms with van der Waals surface area (Å²) >= 11 is 0. The zero-order chi connectivity index (χ0) is 11.3. The largest absolute Gasteiger partial charge is 0.486 e.